The van der Waals surface area contributed by atoms with E-state index >= 15 is 0 Å². The fourth-order valence-corrected chi connectivity index (χ4v) is 2.76. The molecule has 2 aromatic heterocycles. The van der Waals surface area contributed by atoms with Crippen molar-refractivity contribution in [2.75, 3.05) is 44.7 Å². The monoisotopic (exact) mass is 357 g/mol. The number of amides is 1. The highest BCUT2D eigenvalue weighted by Gasteiger charge is 2.17. The number of hydrogen-bond acceptors (Lipinski definition) is 7. The van der Waals surface area contributed by atoms with Gasteiger partial charge in [0.2, 0.25) is 0 Å². The van der Waals surface area contributed by atoms with Gasteiger partial charge in [-0.2, -0.15) is 5.10 Å². The maximum Gasteiger partial charge on any atom is 0.270 e. The first-order chi connectivity index (χ1) is 12.5. The van der Waals surface area contributed by atoms with Crippen LogP contribution in [0.3, 0.4) is 0 Å². The second kappa shape index (κ2) is 8.05. The normalized spacial score (nSPS) is 15.1. The number of nitrogens with one attached hydrogen (secondary N) is 1. The molecule has 1 aliphatic heterocycles. The molecular weight excluding hydrogens is 334 g/mol. The summed E-state index contributed by atoms with van der Waals surface area (Å²) in [6, 6.07) is 4.84. The van der Waals surface area contributed by atoms with Crippen LogP contribution in [-0.4, -0.2) is 70.3 Å². The SMILES string of the molecule is Cc1ccc(=O)n(CCNC(=O)c2cc(N3CCN(C)CC3)ncn2)n1. The van der Waals surface area contributed by atoms with E-state index in [0.29, 0.717) is 18.8 Å². The highest BCUT2D eigenvalue weighted by atomic mass is 16.2. The van der Waals surface area contributed by atoms with Crippen molar-refractivity contribution in [1.29, 1.82) is 0 Å². The minimum Gasteiger partial charge on any atom is -0.354 e. The number of piperazine rings is 1. The van der Waals surface area contributed by atoms with Gasteiger partial charge in [-0.1, -0.05) is 0 Å². The molecule has 9 nitrogen and oxygen atoms in total. The molecule has 138 valence electrons. The summed E-state index contributed by atoms with van der Waals surface area (Å²) in [5.41, 5.74) is 0.881. The van der Waals surface area contributed by atoms with Crippen molar-refractivity contribution < 1.29 is 4.79 Å². The molecule has 3 heterocycles. The number of likely N-dealkylation sites (N-methyl/N-ethyl adjacent to an activating group) is 1. The van der Waals surface area contributed by atoms with Gasteiger partial charge in [0.25, 0.3) is 11.5 Å². The van der Waals surface area contributed by atoms with Gasteiger partial charge in [0.1, 0.15) is 17.8 Å². The molecule has 0 atom stereocenters. The number of anilines is 1. The Morgan fingerprint density at radius 2 is 1.96 bits per heavy atom. The standard InChI is InChI=1S/C17H23N7O2/c1-13-3-4-16(25)24(21-13)6-5-18-17(26)14-11-15(20-12-19-14)23-9-7-22(2)8-10-23/h3-4,11-12H,5-10H2,1-2H3,(H,18,26). The van der Waals surface area contributed by atoms with Gasteiger partial charge in [0.15, 0.2) is 0 Å². The highest BCUT2D eigenvalue weighted by molar-refractivity contribution is 5.92. The topological polar surface area (TPSA) is 96.2 Å². The number of hydrogen-bond donors (Lipinski definition) is 1. The van der Waals surface area contributed by atoms with Crippen LogP contribution in [0.1, 0.15) is 16.2 Å². The Balaban J connectivity index is 1.59. The molecule has 1 amide bonds. The van der Waals surface area contributed by atoms with E-state index in [0.717, 1.165) is 37.7 Å². The van der Waals surface area contributed by atoms with Crippen LogP contribution in [0.25, 0.3) is 0 Å². The third-order valence-electron chi connectivity index (χ3n) is 4.32. The van der Waals surface area contributed by atoms with Crippen LogP contribution in [-0.2, 0) is 6.54 Å². The van der Waals surface area contributed by atoms with Gasteiger partial charge in [-0.15, -0.1) is 0 Å². The predicted molar refractivity (Wildman–Crippen MR) is 97.3 cm³/mol. The second-order valence-corrected chi connectivity index (χ2v) is 6.34. The van der Waals surface area contributed by atoms with Crippen LogP contribution in [0.2, 0.25) is 0 Å². The smallest absolute Gasteiger partial charge is 0.270 e. The zero-order chi connectivity index (χ0) is 18.5. The van der Waals surface area contributed by atoms with Crippen molar-refractivity contribution in [2.24, 2.45) is 0 Å². The third kappa shape index (κ3) is 4.42. The van der Waals surface area contributed by atoms with Crippen molar-refractivity contribution in [3.8, 4) is 0 Å². The van der Waals surface area contributed by atoms with Gasteiger partial charge >= 0.3 is 0 Å². The van der Waals surface area contributed by atoms with E-state index in [2.05, 4.69) is 37.2 Å². The molecule has 0 radical (unpaired) electrons. The molecule has 1 aliphatic rings. The Morgan fingerprint density at radius 3 is 2.73 bits per heavy atom. The molecule has 0 saturated carbocycles. The minimum absolute atomic E-state index is 0.191. The fraction of sp³-hybridized carbons (Fsp3) is 0.471. The van der Waals surface area contributed by atoms with Crippen LogP contribution >= 0.6 is 0 Å². The summed E-state index contributed by atoms with van der Waals surface area (Å²) in [4.78, 5) is 36.8. The van der Waals surface area contributed by atoms with Gasteiger partial charge in [-0.25, -0.2) is 14.6 Å². The van der Waals surface area contributed by atoms with E-state index in [1.165, 1.54) is 17.1 Å². The first-order valence-corrected chi connectivity index (χ1v) is 8.61. The molecule has 0 unspecified atom stereocenters. The van der Waals surface area contributed by atoms with Crippen LogP contribution in [0.5, 0.6) is 0 Å². The first-order valence-electron chi connectivity index (χ1n) is 8.61. The van der Waals surface area contributed by atoms with Gasteiger partial charge in [-0.05, 0) is 20.0 Å². The number of nitrogens with zero attached hydrogens (tertiary/aromatic N) is 6. The van der Waals surface area contributed by atoms with E-state index in [-0.39, 0.29) is 11.5 Å². The Morgan fingerprint density at radius 1 is 1.19 bits per heavy atom. The molecule has 1 N–H and O–H groups in total. The largest absolute Gasteiger partial charge is 0.354 e. The average molecular weight is 357 g/mol. The molecule has 0 aliphatic carbocycles. The summed E-state index contributed by atoms with van der Waals surface area (Å²) in [5.74, 6) is 0.471. The lowest BCUT2D eigenvalue weighted by Gasteiger charge is -2.33. The fourth-order valence-electron chi connectivity index (χ4n) is 2.76. The number of carbonyl (C=O) groups excluding carboxylic acids is 1. The Bertz CT molecular complexity index is 828. The second-order valence-electron chi connectivity index (χ2n) is 6.34. The summed E-state index contributed by atoms with van der Waals surface area (Å²) >= 11 is 0. The third-order valence-corrected chi connectivity index (χ3v) is 4.32. The lowest BCUT2D eigenvalue weighted by Crippen LogP contribution is -2.45. The molecule has 9 heteroatoms. The summed E-state index contributed by atoms with van der Waals surface area (Å²) in [5, 5.41) is 6.92. The van der Waals surface area contributed by atoms with E-state index in [1.54, 1.807) is 12.1 Å². The van der Waals surface area contributed by atoms with E-state index in [4.69, 9.17) is 0 Å². The maximum absolute atomic E-state index is 12.3. The Hall–Kier alpha value is -2.81. The zero-order valence-electron chi connectivity index (χ0n) is 15.1. The van der Waals surface area contributed by atoms with Crippen molar-refractivity contribution in [2.45, 2.75) is 13.5 Å². The summed E-state index contributed by atoms with van der Waals surface area (Å²) in [7, 11) is 2.09. The molecule has 1 fully saturated rings. The quantitative estimate of drug-likeness (QED) is 0.772. The lowest BCUT2D eigenvalue weighted by atomic mass is 10.3. The van der Waals surface area contributed by atoms with Crippen LogP contribution < -0.4 is 15.8 Å². The Labute approximate surface area is 151 Å². The van der Waals surface area contributed by atoms with Gasteiger partial charge in [-0.3, -0.25) is 9.59 Å². The minimum atomic E-state index is -0.288. The number of aromatic nitrogens is 4. The van der Waals surface area contributed by atoms with Crippen molar-refractivity contribution in [1.82, 2.24) is 30.0 Å². The molecule has 1 saturated heterocycles. The van der Waals surface area contributed by atoms with Crippen molar-refractivity contribution >= 4 is 11.7 Å². The number of aryl methyl sites for hydroxylation is 1. The van der Waals surface area contributed by atoms with Gasteiger partial charge < -0.3 is 15.1 Å². The lowest BCUT2D eigenvalue weighted by molar-refractivity contribution is 0.0946. The molecule has 0 spiro atoms. The van der Waals surface area contributed by atoms with Gasteiger partial charge in [0, 0.05) is 44.9 Å². The summed E-state index contributed by atoms with van der Waals surface area (Å²) in [6.07, 6.45) is 1.41. The molecule has 0 aromatic carbocycles. The van der Waals surface area contributed by atoms with Crippen molar-refractivity contribution in [3.63, 3.8) is 0 Å². The average Bonchev–Trinajstić information content (AvgIpc) is 2.65. The Kier molecular flexibility index (Phi) is 5.57. The van der Waals surface area contributed by atoms with E-state index in [9.17, 15) is 9.59 Å². The summed E-state index contributed by atoms with van der Waals surface area (Å²) < 4.78 is 1.34. The van der Waals surface area contributed by atoms with Crippen molar-refractivity contribution in [3.05, 3.63) is 46.3 Å². The molecular formula is C17H23N7O2. The zero-order valence-corrected chi connectivity index (χ0v) is 15.1. The molecule has 3 rings (SSSR count). The van der Waals surface area contributed by atoms with Crippen LogP contribution in [0.15, 0.2) is 29.3 Å². The molecule has 0 bridgehead atoms. The van der Waals surface area contributed by atoms with Crippen LogP contribution in [0, 0.1) is 6.92 Å². The van der Waals surface area contributed by atoms with Crippen LogP contribution in [0.4, 0.5) is 5.82 Å². The highest BCUT2D eigenvalue weighted by Crippen LogP contribution is 2.13. The van der Waals surface area contributed by atoms with E-state index < -0.39 is 0 Å². The number of carbonyl (C=O) groups is 1. The summed E-state index contributed by atoms with van der Waals surface area (Å²) in [6.45, 7) is 6.08. The molecule has 2 aromatic rings. The molecule has 26 heavy (non-hydrogen) atoms. The van der Waals surface area contributed by atoms with E-state index in [1.807, 2.05) is 6.92 Å². The number of rotatable bonds is 5. The maximum atomic E-state index is 12.3. The van der Waals surface area contributed by atoms with Gasteiger partial charge in [0.05, 0.1) is 12.2 Å². The predicted octanol–water partition coefficient (Wildman–Crippen LogP) is -0.476. The first kappa shape index (κ1) is 18.0.